The van der Waals surface area contributed by atoms with Crippen molar-refractivity contribution in [3.8, 4) is 0 Å². The fourth-order valence-electron chi connectivity index (χ4n) is 2.83. The summed E-state index contributed by atoms with van der Waals surface area (Å²) in [7, 11) is 1.72. The molecule has 0 saturated heterocycles. The molecule has 134 valence electrons. The van der Waals surface area contributed by atoms with E-state index in [1.54, 1.807) is 11.9 Å². The van der Waals surface area contributed by atoms with Gasteiger partial charge in [-0.05, 0) is 36.4 Å². The van der Waals surface area contributed by atoms with E-state index in [0.29, 0.717) is 4.88 Å². The maximum Gasteiger partial charge on any atom is 0.349 e. The van der Waals surface area contributed by atoms with Crippen LogP contribution < -0.4 is 0 Å². The van der Waals surface area contributed by atoms with E-state index in [2.05, 4.69) is 0 Å². The van der Waals surface area contributed by atoms with Crippen molar-refractivity contribution in [1.82, 2.24) is 4.90 Å². The molecule has 4 nitrogen and oxygen atoms in total. The van der Waals surface area contributed by atoms with E-state index < -0.39 is 5.97 Å². The molecule has 5 heteroatoms. The van der Waals surface area contributed by atoms with Gasteiger partial charge in [0.2, 0.25) is 0 Å². The predicted octanol–water partition coefficient (Wildman–Crippen LogP) is 4.59. The molecular weight excluding hydrogens is 346 g/mol. The molecule has 0 spiro atoms. The summed E-state index contributed by atoms with van der Waals surface area (Å²) in [5.74, 6) is -0.675. The number of ether oxygens (including phenoxy) is 1. The maximum absolute atomic E-state index is 12.4. The Bertz CT molecular complexity index is 933. The number of rotatable bonds is 5. The first-order valence-corrected chi connectivity index (χ1v) is 9.26. The van der Waals surface area contributed by atoms with Crippen LogP contribution in [0.4, 0.5) is 0 Å². The van der Waals surface area contributed by atoms with Crippen molar-refractivity contribution in [3.05, 3.63) is 70.6 Å². The van der Waals surface area contributed by atoms with Gasteiger partial charge in [0, 0.05) is 11.7 Å². The summed E-state index contributed by atoms with van der Waals surface area (Å²) in [6.45, 7) is 3.59. The number of hydrogen-bond donors (Lipinski definition) is 0. The second-order valence-corrected chi connectivity index (χ2v) is 7.27. The standard InChI is InChI=1S/C21H21NO3S/c1-14-17-11-7-8-12-18(17)26-20(14)21(24)25-13-19(23)22(3)15(2)16-9-5-4-6-10-16/h4-12,15H,13H2,1-3H3/t15-/m0/s1. The molecule has 3 rings (SSSR count). The molecule has 0 bridgehead atoms. The number of likely N-dealkylation sites (N-methyl/N-ethyl adjacent to an activating group) is 1. The Morgan fingerprint density at radius 1 is 1.08 bits per heavy atom. The van der Waals surface area contributed by atoms with Gasteiger partial charge in [-0.2, -0.15) is 0 Å². The van der Waals surface area contributed by atoms with Crippen molar-refractivity contribution < 1.29 is 14.3 Å². The van der Waals surface area contributed by atoms with Gasteiger partial charge in [-0.3, -0.25) is 4.79 Å². The summed E-state index contributed by atoms with van der Waals surface area (Å²) >= 11 is 1.40. The molecule has 0 N–H and O–H groups in total. The number of amides is 1. The predicted molar refractivity (Wildman–Crippen MR) is 104 cm³/mol. The van der Waals surface area contributed by atoms with Crippen LogP contribution in [0.5, 0.6) is 0 Å². The van der Waals surface area contributed by atoms with E-state index >= 15 is 0 Å². The van der Waals surface area contributed by atoms with E-state index in [9.17, 15) is 9.59 Å². The fraction of sp³-hybridized carbons (Fsp3) is 0.238. The van der Waals surface area contributed by atoms with Crippen molar-refractivity contribution in [3.63, 3.8) is 0 Å². The lowest BCUT2D eigenvalue weighted by Gasteiger charge is -2.25. The number of thiophene rings is 1. The molecule has 0 radical (unpaired) electrons. The Hall–Kier alpha value is -2.66. The molecular formula is C21H21NO3S. The summed E-state index contributed by atoms with van der Waals surface area (Å²) in [5, 5.41) is 1.05. The monoisotopic (exact) mass is 367 g/mol. The Morgan fingerprint density at radius 3 is 2.42 bits per heavy atom. The Morgan fingerprint density at radius 2 is 1.73 bits per heavy atom. The zero-order chi connectivity index (χ0) is 18.7. The fourth-order valence-corrected chi connectivity index (χ4v) is 3.94. The number of nitrogens with zero attached hydrogens (tertiary/aromatic N) is 1. The highest BCUT2D eigenvalue weighted by molar-refractivity contribution is 7.21. The van der Waals surface area contributed by atoms with Gasteiger partial charge < -0.3 is 9.64 Å². The van der Waals surface area contributed by atoms with E-state index in [-0.39, 0.29) is 18.6 Å². The number of carbonyl (C=O) groups is 2. The highest BCUT2D eigenvalue weighted by atomic mass is 32.1. The van der Waals surface area contributed by atoms with Gasteiger partial charge in [-0.1, -0.05) is 48.5 Å². The van der Waals surface area contributed by atoms with Gasteiger partial charge >= 0.3 is 5.97 Å². The summed E-state index contributed by atoms with van der Waals surface area (Å²) in [6.07, 6.45) is 0. The second kappa shape index (κ2) is 7.70. The van der Waals surface area contributed by atoms with Crippen molar-refractivity contribution in [2.75, 3.05) is 13.7 Å². The lowest BCUT2D eigenvalue weighted by atomic mass is 10.1. The first-order chi connectivity index (χ1) is 12.5. The summed E-state index contributed by atoms with van der Waals surface area (Å²) in [6, 6.07) is 17.5. The van der Waals surface area contributed by atoms with Crippen molar-refractivity contribution in [2.24, 2.45) is 0 Å². The first-order valence-electron chi connectivity index (χ1n) is 8.45. The largest absolute Gasteiger partial charge is 0.451 e. The molecule has 1 heterocycles. The third kappa shape index (κ3) is 3.63. The van der Waals surface area contributed by atoms with Crippen LogP contribution in [0, 0.1) is 6.92 Å². The minimum Gasteiger partial charge on any atom is -0.451 e. The quantitative estimate of drug-likeness (QED) is 0.620. The third-order valence-corrected chi connectivity index (χ3v) is 5.87. The molecule has 2 aromatic carbocycles. The normalized spacial score (nSPS) is 12.0. The van der Waals surface area contributed by atoms with Crippen LogP contribution in [0.1, 0.15) is 33.8 Å². The highest BCUT2D eigenvalue weighted by Gasteiger charge is 2.21. The van der Waals surface area contributed by atoms with Gasteiger partial charge in [0.15, 0.2) is 6.61 Å². The second-order valence-electron chi connectivity index (χ2n) is 6.22. The highest BCUT2D eigenvalue weighted by Crippen LogP contribution is 2.31. The van der Waals surface area contributed by atoms with Crippen LogP contribution in [-0.4, -0.2) is 30.4 Å². The van der Waals surface area contributed by atoms with Gasteiger partial charge in [-0.25, -0.2) is 4.79 Å². The number of aryl methyl sites for hydroxylation is 1. The van der Waals surface area contributed by atoms with Gasteiger partial charge in [0.05, 0.1) is 6.04 Å². The lowest BCUT2D eigenvalue weighted by molar-refractivity contribution is -0.135. The summed E-state index contributed by atoms with van der Waals surface area (Å²) in [5.41, 5.74) is 1.93. The van der Waals surface area contributed by atoms with E-state index in [1.807, 2.05) is 68.4 Å². The molecule has 3 aromatic rings. The number of fused-ring (bicyclic) bond motifs is 1. The Labute approximate surface area is 157 Å². The maximum atomic E-state index is 12.4. The van der Waals surface area contributed by atoms with Crippen LogP contribution in [0.3, 0.4) is 0 Å². The molecule has 0 aliphatic heterocycles. The van der Waals surface area contributed by atoms with E-state index in [1.165, 1.54) is 11.3 Å². The van der Waals surface area contributed by atoms with Crippen LogP contribution in [0.15, 0.2) is 54.6 Å². The molecule has 1 aromatic heterocycles. The van der Waals surface area contributed by atoms with Crippen LogP contribution >= 0.6 is 11.3 Å². The SMILES string of the molecule is Cc1c(C(=O)OCC(=O)N(C)[C@@H](C)c2ccccc2)sc2ccccc12. The molecule has 26 heavy (non-hydrogen) atoms. The summed E-state index contributed by atoms with van der Waals surface area (Å²) in [4.78, 5) is 27.0. The number of esters is 1. The van der Waals surface area contributed by atoms with Gasteiger partial charge in [-0.15, -0.1) is 11.3 Å². The number of hydrogen-bond acceptors (Lipinski definition) is 4. The molecule has 0 saturated carbocycles. The molecule has 0 aliphatic rings. The zero-order valence-corrected chi connectivity index (χ0v) is 15.9. The average Bonchev–Trinajstić information content (AvgIpc) is 3.02. The lowest BCUT2D eigenvalue weighted by Crippen LogP contribution is -2.33. The minimum absolute atomic E-state index is 0.0894. The van der Waals surface area contributed by atoms with Crippen LogP contribution in [-0.2, 0) is 9.53 Å². The van der Waals surface area contributed by atoms with Crippen LogP contribution in [0.2, 0.25) is 0 Å². The average molecular weight is 367 g/mol. The van der Waals surface area contributed by atoms with Crippen LogP contribution in [0.25, 0.3) is 10.1 Å². The van der Waals surface area contributed by atoms with E-state index in [4.69, 9.17) is 4.74 Å². The number of carbonyl (C=O) groups excluding carboxylic acids is 2. The van der Waals surface area contributed by atoms with Gasteiger partial charge in [0.25, 0.3) is 5.91 Å². The van der Waals surface area contributed by atoms with Crippen molar-refractivity contribution in [2.45, 2.75) is 19.9 Å². The number of benzene rings is 2. The van der Waals surface area contributed by atoms with E-state index in [0.717, 1.165) is 21.2 Å². The third-order valence-electron chi connectivity index (χ3n) is 4.61. The smallest absolute Gasteiger partial charge is 0.349 e. The zero-order valence-electron chi connectivity index (χ0n) is 15.1. The Kier molecular flexibility index (Phi) is 5.38. The van der Waals surface area contributed by atoms with Gasteiger partial charge in [0.1, 0.15) is 4.88 Å². The molecule has 1 amide bonds. The Balaban J connectivity index is 1.65. The first kappa shape index (κ1) is 18.1. The summed E-state index contributed by atoms with van der Waals surface area (Å²) < 4.78 is 6.33. The minimum atomic E-state index is -0.446. The van der Waals surface area contributed by atoms with Crippen molar-refractivity contribution >= 4 is 33.3 Å². The molecule has 0 aliphatic carbocycles. The van der Waals surface area contributed by atoms with Crippen molar-refractivity contribution in [1.29, 1.82) is 0 Å². The molecule has 0 fully saturated rings. The molecule has 1 atom stereocenters. The molecule has 0 unspecified atom stereocenters. The topological polar surface area (TPSA) is 46.6 Å².